The zero-order valence-electron chi connectivity index (χ0n) is 21.3. The van der Waals surface area contributed by atoms with Gasteiger partial charge < -0.3 is 15.2 Å². The predicted octanol–water partition coefficient (Wildman–Crippen LogP) is 2.82. The van der Waals surface area contributed by atoms with Crippen LogP contribution in [0.4, 0.5) is 11.8 Å². The lowest BCUT2D eigenvalue weighted by Crippen LogP contribution is -2.48. The van der Waals surface area contributed by atoms with Gasteiger partial charge in [0.15, 0.2) is 5.82 Å². The van der Waals surface area contributed by atoms with Crippen molar-refractivity contribution in [1.82, 2.24) is 34.5 Å². The minimum Gasteiger partial charge on any atom is -0.475 e. The Bertz CT molecular complexity index is 1490. The van der Waals surface area contributed by atoms with Crippen molar-refractivity contribution in [2.75, 3.05) is 57.8 Å². The van der Waals surface area contributed by atoms with Gasteiger partial charge in [-0.3, -0.25) is 19.2 Å². The topological polar surface area (TPSA) is 122 Å². The summed E-state index contributed by atoms with van der Waals surface area (Å²) in [5.74, 6) is 1.13. The van der Waals surface area contributed by atoms with Crippen LogP contribution in [0.3, 0.4) is 0 Å². The Morgan fingerprint density at radius 1 is 1.03 bits per heavy atom. The molecule has 0 spiro atoms. The van der Waals surface area contributed by atoms with Crippen molar-refractivity contribution < 1.29 is 9.84 Å². The first-order valence-electron chi connectivity index (χ1n) is 12.5. The molecular weight excluding hydrogens is 543 g/mol. The number of aryl methyl sites for hydroxylation is 1. The molecule has 204 valence electrons. The molecule has 4 aromatic rings. The number of nitrogens with zero attached hydrogens (tertiary/aromatic N) is 7. The van der Waals surface area contributed by atoms with Gasteiger partial charge in [0.1, 0.15) is 12.3 Å². The molecule has 0 bridgehead atoms. The van der Waals surface area contributed by atoms with Gasteiger partial charge in [0.25, 0.3) is 5.56 Å². The van der Waals surface area contributed by atoms with E-state index in [0.29, 0.717) is 50.5 Å². The van der Waals surface area contributed by atoms with E-state index in [1.807, 2.05) is 0 Å². The molecule has 1 fully saturated rings. The molecule has 2 N–H and O–H groups in total. The van der Waals surface area contributed by atoms with Crippen LogP contribution in [0.5, 0.6) is 5.88 Å². The van der Waals surface area contributed by atoms with Gasteiger partial charge in [0.05, 0.1) is 22.2 Å². The normalized spacial score (nSPS) is 14.6. The molecule has 0 saturated carbocycles. The number of anilines is 2. The Kier molecular flexibility index (Phi) is 8.53. The minimum absolute atomic E-state index is 0.195. The van der Waals surface area contributed by atoms with Crippen LogP contribution >= 0.6 is 23.2 Å². The largest absolute Gasteiger partial charge is 0.475 e. The van der Waals surface area contributed by atoms with Crippen molar-refractivity contribution in [3.8, 4) is 17.0 Å². The highest BCUT2D eigenvalue weighted by molar-refractivity contribution is 6.39. The molecular formula is C26H28Cl2N8O3. The summed E-state index contributed by atoms with van der Waals surface area (Å²) in [6.45, 7) is 6.01. The van der Waals surface area contributed by atoms with Crippen LogP contribution in [-0.2, 0) is 7.05 Å². The summed E-state index contributed by atoms with van der Waals surface area (Å²) in [4.78, 5) is 26.6. The maximum atomic E-state index is 13.1. The third-order valence-electron chi connectivity index (χ3n) is 6.60. The van der Waals surface area contributed by atoms with Gasteiger partial charge in [0, 0.05) is 69.5 Å². The molecule has 1 saturated heterocycles. The maximum Gasteiger partial charge on any atom is 0.259 e. The second kappa shape index (κ2) is 12.2. The van der Waals surface area contributed by atoms with E-state index in [-0.39, 0.29) is 18.1 Å². The standard InChI is InChI=1S/C26H28Cl2N8O3/c1-34-24-17(15-18(25(34)38)23-19(27)3-2-4-20(23)28)16-29-26(31-24)30-21-5-6-22(33-32-21)39-14-12-36-9-7-35(8-10-36)11-13-37/h2-6,15-16,37H,7-14H2,1H3,(H,29,30,31,32). The third kappa shape index (κ3) is 6.29. The molecule has 11 nitrogen and oxygen atoms in total. The molecule has 1 aromatic carbocycles. The lowest BCUT2D eigenvalue weighted by Gasteiger charge is -2.34. The molecule has 5 rings (SSSR count). The van der Waals surface area contributed by atoms with E-state index >= 15 is 0 Å². The van der Waals surface area contributed by atoms with Gasteiger partial charge in [-0.25, -0.2) is 4.98 Å². The summed E-state index contributed by atoms with van der Waals surface area (Å²) in [6, 6.07) is 10.3. The summed E-state index contributed by atoms with van der Waals surface area (Å²) in [6.07, 6.45) is 1.62. The van der Waals surface area contributed by atoms with Crippen molar-refractivity contribution >= 4 is 46.0 Å². The van der Waals surface area contributed by atoms with Crippen LogP contribution in [0, 0.1) is 0 Å². The number of halogens is 2. The van der Waals surface area contributed by atoms with E-state index < -0.39 is 0 Å². The van der Waals surface area contributed by atoms with Gasteiger partial charge in [-0.05, 0) is 24.3 Å². The number of piperazine rings is 1. The second-order valence-corrected chi connectivity index (χ2v) is 9.94. The molecule has 13 heteroatoms. The van der Waals surface area contributed by atoms with E-state index in [2.05, 4.69) is 35.3 Å². The fraction of sp³-hybridized carbons (Fsp3) is 0.346. The maximum absolute atomic E-state index is 13.1. The Morgan fingerprint density at radius 2 is 1.74 bits per heavy atom. The Hall–Kier alpha value is -3.35. The Labute approximate surface area is 235 Å². The predicted molar refractivity (Wildman–Crippen MR) is 151 cm³/mol. The lowest BCUT2D eigenvalue weighted by molar-refractivity contribution is 0.101. The fourth-order valence-electron chi connectivity index (χ4n) is 4.48. The van der Waals surface area contributed by atoms with Crippen molar-refractivity contribution in [1.29, 1.82) is 0 Å². The molecule has 0 unspecified atom stereocenters. The van der Waals surface area contributed by atoms with Crippen molar-refractivity contribution in [3.63, 3.8) is 0 Å². The number of benzene rings is 1. The molecule has 0 atom stereocenters. The number of hydrogen-bond acceptors (Lipinski definition) is 10. The van der Waals surface area contributed by atoms with Crippen molar-refractivity contribution in [2.24, 2.45) is 7.05 Å². The first-order chi connectivity index (χ1) is 18.9. The number of aliphatic hydroxyl groups excluding tert-OH is 1. The van der Waals surface area contributed by atoms with Gasteiger partial charge >= 0.3 is 0 Å². The van der Waals surface area contributed by atoms with Gasteiger partial charge in [-0.15, -0.1) is 10.2 Å². The quantitative estimate of drug-likeness (QED) is 0.310. The Morgan fingerprint density at radius 3 is 2.41 bits per heavy atom. The average molecular weight is 571 g/mol. The average Bonchev–Trinajstić information content (AvgIpc) is 2.94. The number of aromatic nitrogens is 5. The van der Waals surface area contributed by atoms with Crippen LogP contribution in [0.25, 0.3) is 22.2 Å². The number of ether oxygens (including phenoxy) is 1. The summed E-state index contributed by atoms with van der Waals surface area (Å²) < 4.78 is 7.19. The first-order valence-corrected chi connectivity index (χ1v) is 13.3. The first kappa shape index (κ1) is 27.2. The van der Waals surface area contributed by atoms with E-state index in [0.717, 1.165) is 39.3 Å². The minimum atomic E-state index is -0.282. The number of aliphatic hydroxyl groups is 1. The molecule has 0 aliphatic carbocycles. The van der Waals surface area contributed by atoms with E-state index in [4.69, 9.17) is 33.0 Å². The second-order valence-electron chi connectivity index (χ2n) is 9.13. The zero-order chi connectivity index (χ0) is 27.4. The smallest absolute Gasteiger partial charge is 0.259 e. The van der Waals surface area contributed by atoms with E-state index in [9.17, 15) is 4.79 Å². The van der Waals surface area contributed by atoms with Crippen molar-refractivity contribution in [2.45, 2.75) is 0 Å². The summed E-state index contributed by atoms with van der Waals surface area (Å²) in [5.41, 5.74) is 1.00. The highest BCUT2D eigenvalue weighted by Crippen LogP contribution is 2.33. The molecule has 0 radical (unpaired) electrons. The summed E-state index contributed by atoms with van der Waals surface area (Å²) in [5, 5.41) is 21.8. The fourth-order valence-corrected chi connectivity index (χ4v) is 5.08. The lowest BCUT2D eigenvalue weighted by atomic mass is 10.1. The monoisotopic (exact) mass is 570 g/mol. The van der Waals surface area contributed by atoms with Crippen LogP contribution in [0.15, 0.2) is 47.4 Å². The molecule has 39 heavy (non-hydrogen) atoms. The Balaban J connectivity index is 1.22. The van der Waals surface area contributed by atoms with Gasteiger partial charge in [-0.2, -0.15) is 4.98 Å². The highest BCUT2D eigenvalue weighted by Gasteiger charge is 2.17. The highest BCUT2D eigenvalue weighted by atomic mass is 35.5. The summed E-state index contributed by atoms with van der Waals surface area (Å²) in [7, 11) is 1.64. The molecule has 3 aromatic heterocycles. The molecule has 4 heterocycles. The van der Waals surface area contributed by atoms with Crippen LogP contribution in [0.2, 0.25) is 10.0 Å². The van der Waals surface area contributed by atoms with Crippen LogP contribution < -0.4 is 15.6 Å². The number of nitrogens with one attached hydrogen (secondary N) is 1. The SMILES string of the molecule is Cn1c(=O)c(-c2c(Cl)cccc2Cl)cc2cnc(Nc3ccc(OCCN4CCN(CCO)CC4)nn3)nc21. The number of pyridine rings is 1. The molecule has 0 amide bonds. The zero-order valence-corrected chi connectivity index (χ0v) is 22.9. The number of fused-ring (bicyclic) bond motifs is 1. The number of hydrogen-bond donors (Lipinski definition) is 2. The van der Waals surface area contributed by atoms with Crippen LogP contribution in [0.1, 0.15) is 0 Å². The number of β-amino-alcohol motifs (C(OH)–C–C–N with tert-alkyl or cyclic N) is 1. The molecule has 1 aliphatic rings. The summed E-state index contributed by atoms with van der Waals surface area (Å²) >= 11 is 12.7. The van der Waals surface area contributed by atoms with Crippen molar-refractivity contribution in [3.05, 3.63) is 63.0 Å². The van der Waals surface area contributed by atoms with E-state index in [1.165, 1.54) is 4.57 Å². The van der Waals surface area contributed by atoms with Gasteiger partial charge in [0.2, 0.25) is 11.8 Å². The third-order valence-corrected chi connectivity index (χ3v) is 7.23. The number of rotatable bonds is 9. The molecule has 1 aliphatic heterocycles. The van der Waals surface area contributed by atoms with Gasteiger partial charge in [-0.1, -0.05) is 29.3 Å². The van der Waals surface area contributed by atoms with Crippen LogP contribution in [-0.4, -0.2) is 92.1 Å². The van der Waals surface area contributed by atoms with E-state index in [1.54, 1.807) is 49.6 Å².